The quantitative estimate of drug-likeness (QED) is 0.784. The fraction of sp³-hybridized carbons (Fsp3) is 0.462. The van der Waals surface area contributed by atoms with Gasteiger partial charge in [0.1, 0.15) is 11.0 Å². The maximum Gasteiger partial charge on any atom is 0.188 e. The van der Waals surface area contributed by atoms with Gasteiger partial charge in [0, 0.05) is 0 Å². The van der Waals surface area contributed by atoms with Gasteiger partial charge in [0.2, 0.25) is 0 Å². The van der Waals surface area contributed by atoms with E-state index in [9.17, 15) is 13.2 Å². The van der Waals surface area contributed by atoms with Crippen LogP contribution in [0.15, 0.2) is 35.2 Å². The maximum absolute atomic E-state index is 12.3. The summed E-state index contributed by atoms with van der Waals surface area (Å²) in [7, 11) is -3.52. The third-order valence-electron chi connectivity index (χ3n) is 2.72. The first-order chi connectivity index (χ1) is 8.00. The highest BCUT2D eigenvalue weighted by molar-refractivity contribution is 7.92. The van der Waals surface area contributed by atoms with Crippen LogP contribution in [-0.2, 0) is 14.6 Å². The van der Waals surface area contributed by atoms with Gasteiger partial charge >= 0.3 is 0 Å². The van der Waals surface area contributed by atoms with Crippen molar-refractivity contribution in [1.82, 2.24) is 0 Å². The molecule has 0 saturated heterocycles. The van der Waals surface area contributed by atoms with E-state index < -0.39 is 15.1 Å². The van der Waals surface area contributed by atoms with Gasteiger partial charge in [-0.3, -0.25) is 4.79 Å². The lowest BCUT2D eigenvalue weighted by molar-refractivity contribution is -0.116. The number of benzene rings is 1. The fourth-order valence-electron chi connectivity index (χ4n) is 1.74. The summed E-state index contributed by atoms with van der Waals surface area (Å²) in [6.45, 7) is 3.33. The molecule has 0 bridgehead atoms. The van der Waals surface area contributed by atoms with Gasteiger partial charge in [0.05, 0.1) is 4.90 Å². The Labute approximate surface area is 103 Å². The Kier molecular flexibility index (Phi) is 4.87. The van der Waals surface area contributed by atoms with Crippen LogP contribution in [0.3, 0.4) is 0 Å². The number of Topliss-reactive ketones (excluding diaryl/α,β-unsaturated/α-hetero) is 1. The molecule has 0 saturated carbocycles. The molecule has 17 heavy (non-hydrogen) atoms. The molecule has 94 valence electrons. The molecule has 0 aliphatic carbocycles. The summed E-state index contributed by atoms with van der Waals surface area (Å²) in [6.07, 6.45) is 2.04. The molecule has 1 rings (SSSR count). The molecule has 1 unspecified atom stereocenters. The molecule has 1 aromatic carbocycles. The molecule has 1 atom stereocenters. The molecule has 0 amide bonds. The molecule has 0 spiro atoms. The minimum atomic E-state index is -3.52. The van der Waals surface area contributed by atoms with Crippen LogP contribution in [0.4, 0.5) is 0 Å². The van der Waals surface area contributed by atoms with Crippen molar-refractivity contribution < 1.29 is 13.2 Å². The number of hydrogen-bond acceptors (Lipinski definition) is 3. The predicted molar refractivity (Wildman–Crippen MR) is 67.6 cm³/mol. The summed E-state index contributed by atoms with van der Waals surface area (Å²) in [6, 6.07) is 8.18. The van der Waals surface area contributed by atoms with Crippen LogP contribution in [0.5, 0.6) is 0 Å². The van der Waals surface area contributed by atoms with Crippen molar-refractivity contribution in [1.29, 1.82) is 0 Å². The number of unbranched alkanes of at least 4 members (excludes halogenated alkanes) is 1. The average Bonchev–Trinajstić information content (AvgIpc) is 2.30. The summed E-state index contributed by atoms with van der Waals surface area (Å²) in [5.41, 5.74) is 0. The number of carbonyl (C=O) groups is 1. The van der Waals surface area contributed by atoms with E-state index in [2.05, 4.69) is 0 Å². The number of carbonyl (C=O) groups excluding carboxylic acids is 1. The standard InChI is InChI=1S/C13H18O3S/c1-3-4-10-13(11(2)14)17(15,16)12-8-6-5-7-9-12/h5-9,13H,3-4,10H2,1-2H3. The lowest BCUT2D eigenvalue weighted by Crippen LogP contribution is -2.28. The van der Waals surface area contributed by atoms with Crippen LogP contribution < -0.4 is 0 Å². The third-order valence-corrected chi connectivity index (χ3v) is 4.97. The fourth-order valence-corrected chi connectivity index (χ4v) is 3.52. The molecule has 0 radical (unpaired) electrons. The minimum absolute atomic E-state index is 0.233. The van der Waals surface area contributed by atoms with E-state index in [1.807, 2.05) is 6.92 Å². The molecule has 4 heteroatoms. The van der Waals surface area contributed by atoms with Crippen molar-refractivity contribution in [3.05, 3.63) is 30.3 Å². The number of hydrogen-bond donors (Lipinski definition) is 0. The van der Waals surface area contributed by atoms with Crippen LogP contribution in [0.2, 0.25) is 0 Å². The Bertz CT molecular complexity index is 463. The van der Waals surface area contributed by atoms with E-state index in [0.717, 1.165) is 12.8 Å². The second-order valence-corrected chi connectivity index (χ2v) is 6.23. The first-order valence-corrected chi connectivity index (χ1v) is 7.34. The molecule has 1 aromatic rings. The highest BCUT2D eigenvalue weighted by Gasteiger charge is 2.30. The van der Waals surface area contributed by atoms with Gasteiger partial charge in [-0.2, -0.15) is 0 Å². The highest BCUT2D eigenvalue weighted by Crippen LogP contribution is 2.20. The second kappa shape index (κ2) is 5.96. The van der Waals surface area contributed by atoms with Gasteiger partial charge in [-0.15, -0.1) is 0 Å². The van der Waals surface area contributed by atoms with Crippen molar-refractivity contribution in [2.75, 3.05) is 0 Å². The Morgan fingerprint density at radius 2 is 1.82 bits per heavy atom. The Morgan fingerprint density at radius 3 is 2.29 bits per heavy atom. The number of rotatable bonds is 6. The Hall–Kier alpha value is -1.16. The van der Waals surface area contributed by atoms with E-state index in [1.165, 1.54) is 19.1 Å². The topological polar surface area (TPSA) is 51.2 Å². The zero-order valence-corrected chi connectivity index (χ0v) is 11.0. The lowest BCUT2D eigenvalue weighted by Gasteiger charge is -2.14. The molecule has 0 fully saturated rings. The Morgan fingerprint density at radius 1 is 1.24 bits per heavy atom. The maximum atomic E-state index is 12.3. The van der Waals surface area contributed by atoms with E-state index >= 15 is 0 Å². The van der Waals surface area contributed by atoms with Gasteiger partial charge in [-0.25, -0.2) is 8.42 Å². The van der Waals surface area contributed by atoms with Crippen LogP contribution >= 0.6 is 0 Å². The minimum Gasteiger partial charge on any atom is -0.299 e. The van der Waals surface area contributed by atoms with Crippen molar-refractivity contribution in [3.63, 3.8) is 0 Å². The third kappa shape index (κ3) is 3.40. The largest absolute Gasteiger partial charge is 0.299 e. The van der Waals surface area contributed by atoms with E-state index in [-0.39, 0.29) is 10.7 Å². The van der Waals surface area contributed by atoms with Crippen molar-refractivity contribution in [2.24, 2.45) is 0 Å². The summed E-state index contributed by atoms with van der Waals surface area (Å²) < 4.78 is 24.5. The molecular formula is C13H18O3S. The number of ketones is 1. The Balaban J connectivity index is 3.05. The van der Waals surface area contributed by atoms with Gasteiger partial charge in [0.15, 0.2) is 9.84 Å². The van der Waals surface area contributed by atoms with Crippen molar-refractivity contribution >= 4 is 15.6 Å². The van der Waals surface area contributed by atoms with Gasteiger partial charge in [-0.1, -0.05) is 38.0 Å². The molecule has 0 aliphatic heterocycles. The van der Waals surface area contributed by atoms with Crippen molar-refractivity contribution in [2.45, 2.75) is 43.3 Å². The van der Waals surface area contributed by atoms with E-state index in [1.54, 1.807) is 18.2 Å². The van der Waals surface area contributed by atoms with Crippen LogP contribution in [0.1, 0.15) is 33.1 Å². The molecule has 0 aromatic heterocycles. The normalized spacial score (nSPS) is 13.3. The SMILES string of the molecule is CCCCC(C(C)=O)S(=O)(=O)c1ccccc1. The van der Waals surface area contributed by atoms with E-state index in [0.29, 0.717) is 6.42 Å². The number of sulfone groups is 1. The van der Waals surface area contributed by atoms with E-state index in [4.69, 9.17) is 0 Å². The summed E-state index contributed by atoms with van der Waals surface area (Å²) in [5.74, 6) is -0.276. The predicted octanol–water partition coefficient (Wildman–Crippen LogP) is 2.61. The van der Waals surface area contributed by atoms with Crippen LogP contribution in [-0.4, -0.2) is 19.5 Å². The van der Waals surface area contributed by atoms with Gasteiger partial charge < -0.3 is 0 Å². The van der Waals surface area contributed by atoms with Crippen LogP contribution in [0, 0.1) is 0 Å². The monoisotopic (exact) mass is 254 g/mol. The molecule has 3 nitrogen and oxygen atoms in total. The van der Waals surface area contributed by atoms with Crippen LogP contribution in [0.25, 0.3) is 0 Å². The van der Waals surface area contributed by atoms with Gasteiger partial charge in [-0.05, 0) is 25.5 Å². The molecule has 0 aliphatic rings. The van der Waals surface area contributed by atoms with Gasteiger partial charge in [0.25, 0.3) is 0 Å². The average molecular weight is 254 g/mol. The molecule has 0 N–H and O–H groups in total. The zero-order chi connectivity index (χ0) is 12.9. The second-order valence-electron chi connectivity index (χ2n) is 4.10. The lowest BCUT2D eigenvalue weighted by atomic mass is 10.1. The van der Waals surface area contributed by atoms with Crippen molar-refractivity contribution in [3.8, 4) is 0 Å². The summed E-state index contributed by atoms with van der Waals surface area (Å²) >= 11 is 0. The first kappa shape index (κ1) is 13.9. The molecular weight excluding hydrogens is 236 g/mol. The zero-order valence-electron chi connectivity index (χ0n) is 10.2. The summed E-state index contributed by atoms with van der Waals surface area (Å²) in [4.78, 5) is 11.7. The first-order valence-electron chi connectivity index (χ1n) is 5.79. The molecule has 0 heterocycles. The summed E-state index contributed by atoms with van der Waals surface area (Å²) in [5, 5.41) is -0.898. The highest BCUT2D eigenvalue weighted by atomic mass is 32.2. The smallest absolute Gasteiger partial charge is 0.188 e.